The number of thioether (sulfide) groups is 1. The van der Waals surface area contributed by atoms with Gasteiger partial charge in [-0.1, -0.05) is 11.8 Å². The fourth-order valence-corrected chi connectivity index (χ4v) is 3.51. The molecule has 0 saturated heterocycles. The molecule has 0 fully saturated rings. The first-order valence-electron chi connectivity index (χ1n) is 5.62. The zero-order chi connectivity index (χ0) is 12.5. The summed E-state index contributed by atoms with van der Waals surface area (Å²) < 4.78 is 0. The monoisotopic (exact) mass is 280 g/mol. The van der Waals surface area contributed by atoms with Crippen LogP contribution in [0.3, 0.4) is 0 Å². The lowest BCUT2D eigenvalue weighted by atomic mass is 10.3. The number of thiazole rings is 1. The second-order valence-electron chi connectivity index (χ2n) is 4.06. The molecule has 5 nitrogen and oxygen atoms in total. The Morgan fingerprint density at radius 3 is 3.28 bits per heavy atom. The maximum atomic E-state index is 11.9. The molecule has 0 aromatic carbocycles. The number of hydrogen-bond acceptors (Lipinski definition) is 6. The summed E-state index contributed by atoms with van der Waals surface area (Å²) in [6.45, 7) is 3.63. The third-order valence-electron chi connectivity index (χ3n) is 2.66. The van der Waals surface area contributed by atoms with Gasteiger partial charge in [-0.05, 0) is 12.3 Å². The Balaban J connectivity index is 1.60. The Kier molecular flexibility index (Phi) is 3.09. The fraction of sp³-hybridized carbons (Fsp3) is 0.364. The van der Waals surface area contributed by atoms with Crippen LogP contribution in [0.4, 0.5) is 5.13 Å². The van der Waals surface area contributed by atoms with E-state index in [9.17, 15) is 4.79 Å². The van der Waals surface area contributed by atoms with E-state index < -0.39 is 0 Å². The Hall–Kier alpha value is -1.34. The van der Waals surface area contributed by atoms with Crippen molar-refractivity contribution in [1.29, 1.82) is 0 Å². The molecular formula is C11H12N4OS2. The van der Waals surface area contributed by atoms with Crippen LogP contribution in [-0.2, 0) is 4.79 Å². The summed E-state index contributed by atoms with van der Waals surface area (Å²) in [6.07, 6.45) is 0.380. The van der Waals surface area contributed by atoms with Gasteiger partial charge in [-0.15, -0.1) is 11.3 Å². The van der Waals surface area contributed by atoms with Gasteiger partial charge in [0.25, 0.3) is 0 Å². The van der Waals surface area contributed by atoms with Gasteiger partial charge in [-0.3, -0.25) is 9.79 Å². The largest absolute Gasteiger partial charge is 0.322 e. The molecule has 0 radical (unpaired) electrons. The first kappa shape index (κ1) is 11.7. The van der Waals surface area contributed by atoms with Crippen molar-refractivity contribution < 1.29 is 4.79 Å². The fourth-order valence-electron chi connectivity index (χ4n) is 1.85. The number of hydrogen-bond donors (Lipinski definition) is 1. The van der Waals surface area contributed by atoms with E-state index in [4.69, 9.17) is 0 Å². The molecule has 7 heteroatoms. The highest BCUT2D eigenvalue weighted by Crippen LogP contribution is 2.31. The third-order valence-corrected chi connectivity index (χ3v) is 4.48. The summed E-state index contributed by atoms with van der Waals surface area (Å²) in [7, 11) is 0. The summed E-state index contributed by atoms with van der Waals surface area (Å²) in [5.74, 6) is -0.0237. The number of anilines is 1. The minimum atomic E-state index is -0.0237. The van der Waals surface area contributed by atoms with Crippen LogP contribution >= 0.6 is 23.1 Å². The summed E-state index contributed by atoms with van der Waals surface area (Å²) in [5, 5.41) is 8.43. The van der Waals surface area contributed by atoms with Gasteiger partial charge in [0, 0.05) is 17.6 Å². The van der Waals surface area contributed by atoms with Gasteiger partial charge in [0.05, 0.1) is 18.7 Å². The smallest absolute Gasteiger partial charge is 0.232 e. The predicted molar refractivity (Wildman–Crippen MR) is 74.8 cm³/mol. The van der Waals surface area contributed by atoms with Crippen molar-refractivity contribution in [2.24, 2.45) is 4.99 Å². The van der Waals surface area contributed by atoms with Gasteiger partial charge in [-0.25, -0.2) is 4.98 Å². The predicted octanol–water partition coefficient (Wildman–Crippen LogP) is 2.04. The van der Waals surface area contributed by atoms with Crippen LogP contribution in [-0.4, -0.2) is 34.0 Å². The van der Waals surface area contributed by atoms with Crippen molar-refractivity contribution in [2.45, 2.75) is 13.3 Å². The Morgan fingerprint density at radius 1 is 1.61 bits per heavy atom. The molecular weight excluding hydrogens is 268 g/mol. The van der Waals surface area contributed by atoms with Crippen molar-refractivity contribution in [2.75, 3.05) is 18.4 Å². The van der Waals surface area contributed by atoms with Crippen molar-refractivity contribution in [3.63, 3.8) is 0 Å². The summed E-state index contributed by atoms with van der Waals surface area (Å²) in [6, 6.07) is 0. The Labute approximate surface area is 113 Å². The van der Waals surface area contributed by atoms with Crippen LogP contribution in [0.5, 0.6) is 0 Å². The normalized spacial score (nSPS) is 17.5. The number of nitrogens with one attached hydrogen (secondary N) is 1. The highest BCUT2D eigenvalue weighted by atomic mass is 32.2. The Bertz CT molecular complexity index is 549. The van der Waals surface area contributed by atoms with E-state index >= 15 is 0 Å². The summed E-state index contributed by atoms with van der Waals surface area (Å²) in [4.78, 5) is 22.6. The highest BCUT2D eigenvalue weighted by Gasteiger charge is 2.27. The number of aliphatic imine (C=N–C) groups is 1. The maximum absolute atomic E-state index is 11.9. The van der Waals surface area contributed by atoms with Crippen molar-refractivity contribution in [1.82, 2.24) is 9.88 Å². The van der Waals surface area contributed by atoms with Crippen molar-refractivity contribution in [3.05, 3.63) is 22.2 Å². The number of aryl methyl sites for hydroxylation is 1. The molecule has 94 valence electrons. The van der Waals surface area contributed by atoms with E-state index in [0.29, 0.717) is 11.6 Å². The number of fused-ring (bicyclic) bond motifs is 1. The number of rotatable bonds is 3. The second kappa shape index (κ2) is 4.74. The molecule has 1 aromatic rings. The maximum Gasteiger partial charge on any atom is 0.232 e. The number of carbonyl (C=O) groups excluding carboxylic acids is 1. The average Bonchev–Trinajstić information content (AvgIpc) is 2.98. The molecule has 2 aliphatic heterocycles. The van der Waals surface area contributed by atoms with Gasteiger partial charge in [0.1, 0.15) is 0 Å². The lowest BCUT2D eigenvalue weighted by Gasteiger charge is -2.15. The van der Waals surface area contributed by atoms with Crippen molar-refractivity contribution in [3.8, 4) is 0 Å². The van der Waals surface area contributed by atoms with Crippen LogP contribution in [0, 0.1) is 6.92 Å². The molecule has 0 saturated carbocycles. The number of carbonyl (C=O) groups is 1. The standard InChI is InChI=1S/C11H12N4OS2/c1-7-5-17-10(13-7)14-9(16)4-8-6-18-11-12-2-3-15(8)11/h5-6H,2-4H2,1H3,(H,13,14,16). The van der Waals surface area contributed by atoms with E-state index in [1.807, 2.05) is 17.7 Å². The minimum absolute atomic E-state index is 0.0237. The number of amides is 1. The molecule has 0 spiro atoms. The molecule has 0 aliphatic carbocycles. The minimum Gasteiger partial charge on any atom is -0.322 e. The van der Waals surface area contributed by atoms with Gasteiger partial charge in [0.2, 0.25) is 5.91 Å². The molecule has 1 amide bonds. The van der Waals surface area contributed by atoms with E-state index in [0.717, 1.165) is 29.6 Å². The highest BCUT2D eigenvalue weighted by molar-refractivity contribution is 8.16. The molecule has 3 rings (SSSR count). The molecule has 0 unspecified atom stereocenters. The Morgan fingerprint density at radius 2 is 2.50 bits per heavy atom. The van der Waals surface area contributed by atoms with Crippen molar-refractivity contribution >= 4 is 39.3 Å². The van der Waals surface area contributed by atoms with Gasteiger partial charge in [-0.2, -0.15) is 0 Å². The quantitative estimate of drug-likeness (QED) is 0.920. The van der Waals surface area contributed by atoms with Crippen LogP contribution in [0.25, 0.3) is 0 Å². The first-order valence-corrected chi connectivity index (χ1v) is 7.38. The van der Waals surface area contributed by atoms with E-state index in [1.165, 1.54) is 11.3 Å². The lowest BCUT2D eigenvalue weighted by molar-refractivity contribution is -0.115. The zero-order valence-electron chi connectivity index (χ0n) is 9.84. The third kappa shape index (κ3) is 2.28. The second-order valence-corrected chi connectivity index (χ2v) is 5.76. The topological polar surface area (TPSA) is 57.6 Å². The first-order chi connectivity index (χ1) is 8.72. The van der Waals surface area contributed by atoms with Crippen LogP contribution in [0.1, 0.15) is 12.1 Å². The molecule has 18 heavy (non-hydrogen) atoms. The lowest BCUT2D eigenvalue weighted by Crippen LogP contribution is -2.24. The number of aromatic nitrogens is 1. The van der Waals surface area contributed by atoms with E-state index in [-0.39, 0.29) is 5.91 Å². The van der Waals surface area contributed by atoms with Crippen LogP contribution in [0.2, 0.25) is 0 Å². The molecule has 2 aliphatic rings. The average molecular weight is 280 g/mol. The number of amidine groups is 1. The van der Waals surface area contributed by atoms with E-state index in [2.05, 4.69) is 20.2 Å². The van der Waals surface area contributed by atoms with Crippen LogP contribution < -0.4 is 5.32 Å². The SMILES string of the molecule is Cc1csc(NC(=O)CC2=CSC3=NCCN23)n1. The van der Waals surface area contributed by atoms with Gasteiger partial charge >= 0.3 is 0 Å². The summed E-state index contributed by atoms with van der Waals surface area (Å²) in [5.41, 5.74) is 1.96. The molecule has 1 N–H and O–H groups in total. The van der Waals surface area contributed by atoms with Gasteiger partial charge < -0.3 is 10.2 Å². The summed E-state index contributed by atoms with van der Waals surface area (Å²) >= 11 is 3.04. The van der Waals surface area contributed by atoms with Gasteiger partial charge in [0.15, 0.2) is 10.3 Å². The molecule has 0 atom stereocenters. The van der Waals surface area contributed by atoms with Crippen LogP contribution in [0.15, 0.2) is 21.5 Å². The number of nitrogens with zero attached hydrogens (tertiary/aromatic N) is 3. The molecule has 3 heterocycles. The van der Waals surface area contributed by atoms with E-state index in [1.54, 1.807) is 11.8 Å². The molecule has 0 bridgehead atoms. The zero-order valence-corrected chi connectivity index (χ0v) is 11.5. The molecule has 1 aromatic heterocycles.